The van der Waals surface area contributed by atoms with Gasteiger partial charge in [0, 0.05) is 36.8 Å². The number of rotatable bonds is 10. The van der Waals surface area contributed by atoms with Crippen LogP contribution in [0.5, 0.6) is 11.5 Å². The molecule has 4 aromatic rings. The predicted octanol–water partition coefficient (Wildman–Crippen LogP) is 6.56. The third-order valence-electron chi connectivity index (χ3n) is 6.49. The molecule has 0 amide bonds. The second-order valence-corrected chi connectivity index (χ2v) is 10.0. The van der Waals surface area contributed by atoms with Gasteiger partial charge < -0.3 is 19.5 Å². The van der Waals surface area contributed by atoms with Gasteiger partial charge in [-0.15, -0.1) is 0 Å². The van der Waals surface area contributed by atoms with Crippen LogP contribution in [0.4, 0.5) is 15.9 Å². The molecule has 5 rings (SSSR count). The third kappa shape index (κ3) is 7.11. The van der Waals surface area contributed by atoms with Gasteiger partial charge in [0.05, 0.1) is 36.9 Å². The van der Waals surface area contributed by atoms with Gasteiger partial charge in [0.15, 0.2) is 11.5 Å². The predicted molar refractivity (Wildman–Crippen MR) is 156 cm³/mol. The first-order chi connectivity index (χ1) is 19.1. The van der Waals surface area contributed by atoms with Crippen LogP contribution in [-0.4, -0.2) is 61.4 Å². The second kappa shape index (κ2) is 13.0. The number of methoxy groups -OCH3 is 1. The van der Waals surface area contributed by atoms with Crippen LogP contribution in [0.1, 0.15) is 17.5 Å². The highest BCUT2D eigenvalue weighted by Gasteiger charge is 2.13. The normalized spacial score (nSPS) is 14.1. The molecule has 0 saturated carbocycles. The molecule has 0 bridgehead atoms. The van der Waals surface area contributed by atoms with Crippen LogP contribution in [0.3, 0.4) is 0 Å². The van der Waals surface area contributed by atoms with E-state index in [0.29, 0.717) is 28.4 Å². The molecular weight excluding hydrogens is 563 g/mol. The Labute approximate surface area is 235 Å². The van der Waals surface area contributed by atoms with Crippen LogP contribution in [0.15, 0.2) is 65.4 Å². The molecule has 0 unspecified atom stereocenters. The average molecular weight is 593 g/mol. The lowest BCUT2D eigenvalue weighted by Gasteiger charge is -2.26. The van der Waals surface area contributed by atoms with E-state index in [1.807, 2.05) is 48.6 Å². The average Bonchev–Trinajstić information content (AvgIpc) is 2.97. The minimum Gasteiger partial charge on any atom is -0.493 e. The summed E-state index contributed by atoms with van der Waals surface area (Å²) in [6.45, 7) is 5.08. The highest BCUT2D eigenvalue weighted by molar-refractivity contribution is 9.10. The molecule has 1 aromatic heterocycles. The molecule has 1 saturated heterocycles. The smallest absolute Gasteiger partial charge is 0.162 e. The summed E-state index contributed by atoms with van der Waals surface area (Å²) in [5.41, 5.74) is 3.58. The summed E-state index contributed by atoms with van der Waals surface area (Å²) in [5, 5.41) is 4.24. The number of nitrogens with one attached hydrogen (secondary N) is 1. The Morgan fingerprint density at radius 2 is 1.77 bits per heavy atom. The van der Waals surface area contributed by atoms with Gasteiger partial charge in [0.1, 0.15) is 18.0 Å². The van der Waals surface area contributed by atoms with Crippen LogP contribution >= 0.6 is 15.9 Å². The van der Waals surface area contributed by atoms with Crippen LogP contribution < -0.4 is 14.8 Å². The fraction of sp³-hybridized carbons (Fsp3) is 0.267. The zero-order valence-corrected chi connectivity index (χ0v) is 23.3. The topological polar surface area (TPSA) is 68.7 Å². The van der Waals surface area contributed by atoms with Crippen LogP contribution in [0.2, 0.25) is 0 Å². The zero-order chi connectivity index (χ0) is 27.0. The van der Waals surface area contributed by atoms with Crippen molar-refractivity contribution in [2.75, 3.05) is 51.9 Å². The molecule has 0 aliphatic carbocycles. The first-order valence-electron chi connectivity index (χ1n) is 12.8. The van der Waals surface area contributed by atoms with E-state index in [-0.39, 0.29) is 5.82 Å². The SMILES string of the molecule is COc1cc2ncnc(Nc3ccc(/C=C/c4ccc(F)c(Br)c4)cc3)c2cc1OCCCN1CCOCC1. The Balaban J connectivity index is 1.27. The van der Waals surface area contributed by atoms with Crippen molar-refractivity contribution >= 4 is 50.5 Å². The van der Waals surface area contributed by atoms with Gasteiger partial charge in [-0.25, -0.2) is 14.4 Å². The lowest BCUT2D eigenvalue weighted by atomic mass is 10.1. The number of benzene rings is 3. The molecule has 1 aliphatic rings. The second-order valence-electron chi connectivity index (χ2n) is 9.15. The van der Waals surface area contributed by atoms with E-state index in [0.717, 1.165) is 67.0 Å². The number of ether oxygens (including phenoxy) is 3. The van der Waals surface area contributed by atoms with E-state index in [4.69, 9.17) is 14.2 Å². The summed E-state index contributed by atoms with van der Waals surface area (Å²) in [5.74, 6) is 1.71. The van der Waals surface area contributed by atoms with Crippen LogP contribution in [0, 0.1) is 5.82 Å². The summed E-state index contributed by atoms with van der Waals surface area (Å²) < 4.78 is 31.0. The molecule has 2 heterocycles. The fourth-order valence-electron chi connectivity index (χ4n) is 4.35. The number of hydrogen-bond acceptors (Lipinski definition) is 7. The van der Waals surface area contributed by atoms with Gasteiger partial charge in [-0.1, -0.05) is 30.4 Å². The Kier molecular flexibility index (Phi) is 9.03. The van der Waals surface area contributed by atoms with E-state index in [1.54, 1.807) is 19.2 Å². The van der Waals surface area contributed by atoms with Crippen molar-refractivity contribution in [2.24, 2.45) is 0 Å². The Morgan fingerprint density at radius 1 is 1.00 bits per heavy atom. The van der Waals surface area contributed by atoms with Crippen molar-refractivity contribution in [3.05, 3.63) is 82.3 Å². The number of halogens is 2. The molecule has 3 aromatic carbocycles. The molecular formula is C30H30BrFN4O3. The summed E-state index contributed by atoms with van der Waals surface area (Å²) in [6, 6.07) is 16.7. The van der Waals surface area contributed by atoms with Gasteiger partial charge in [0.2, 0.25) is 0 Å². The molecule has 0 spiro atoms. The van der Waals surface area contributed by atoms with Gasteiger partial charge in [-0.2, -0.15) is 0 Å². The summed E-state index contributed by atoms with van der Waals surface area (Å²) >= 11 is 3.23. The number of morpholine rings is 1. The van der Waals surface area contributed by atoms with E-state index < -0.39 is 0 Å². The van der Waals surface area contributed by atoms with Crippen LogP contribution in [0.25, 0.3) is 23.1 Å². The van der Waals surface area contributed by atoms with Gasteiger partial charge >= 0.3 is 0 Å². The first-order valence-corrected chi connectivity index (χ1v) is 13.6. The van der Waals surface area contributed by atoms with E-state index in [1.165, 1.54) is 12.4 Å². The molecule has 7 nitrogen and oxygen atoms in total. The number of hydrogen-bond donors (Lipinski definition) is 1. The van der Waals surface area contributed by atoms with Gasteiger partial charge in [-0.05, 0) is 63.8 Å². The third-order valence-corrected chi connectivity index (χ3v) is 7.09. The van der Waals surface area contributed by atoms with Crippen molar-refractivity contribution in [2.45, 2.75) is 6.42 Å². The quantitative estimate of drug-likeness (QED) is 0.165. The number of anilines is 2. The maximum atomic E-state index is 13.5. The Bertz CT molecular complexity index is 1440. The highest BCUT2D eigenvalue weighted by atomic mass is 79.9. The molecule has 0 radical (unpaired) electrons. The largest absolute Gasteiger partial charge is 0.493 e. The van der Waals surface area contributed by atoms with E-state index >= 15 is 0 Å². The van der Waals surface area contributed by atoms with Crippen molar-refractivity contribution in [3.8, 4) is 11.5 Å². The summed E-state index contributed by atoms with van der Waals surface area (Å²) in [4.78, 5) is 11.3. The Hall–Kier alpha value is -3.53. The Morgan fingerprint density at radius 3 is 2.54 bits per heavy atom. The highest BCUT2D eigenvalue weighted by Crippen LogP contribution is 2.35. The maximum absolute atomic E-state index is 13.5. The molecule has 39 heavy (non-hydrogen) atoms. The first kappa shape index (κ1) is 27.1. The van der Waals surface area contributed by atoms with Gasteiger partial charge in [0.25, 0.3) is 0 Å². The zero-order valence-electron chi connectivity index (χ0n) is 21.7. The minimum absolute atomic E-state index is 0.277. The lowest BCUT2D eigenvalue weighted by Crippen LogP contribution is -2.37. The number of fused-ring (bicyclic) bond motifs is 1. The van der Waals surface area contributed by atoms with Crippen molar-refractivity contribution in [1.82, 2.24) is 14.9 Å². The lowest BCUT2D eigenvalue weighted by molar-refractivity contribution is 0.0357. The summed E-state index contributed by atoms with van der Waals surface area (Å²) in [7, 11) is 1.63. The molecule has 1 fully saturated rings. The van der Waals surface area contributed by atoms with E-state index in [2.05, 4.69) is 36.1 Å². The number of aromatic nitrogens is 2. The van der Waals surface area contributed by atoms with Gasteiger partial charge in [-0.3, -0.25) is 4.90 Å². The molecule has 1 aliphatic heterocycles. The molecule has 1 N–H and O–H groups in total. The number of nitrogens with zero attached hydrogens (tertiary/aromatic N) is 3. The standard InChI is InChI=1S/C30H30BrFN4O3/c1-37-28-19-27-24(18-29(28)39-14-2-11-36-12-15-38-16-13-36)30(34-20-33-27)35-23-8-5-21(6-9-23)3-4-22-7-10-26(32)25(31)17-22/h3-10,17-20H,2,11-16H2,1H3,(H,33,34,35)/b4-3+. The molecule has 9 heteroatoms. The fourth-order valence-corrected chi connectivity index (χ4v) is 4.75. The molecule has 0 atom stereocenters. The van der Waals surface area contributed by atoms with Crippen molar-refractivity contribution in [3.63, 3.8) is 0 Å². The van der Waals surface area contributed by atoms with Crippen LogP contribution in [-0.2, 0) is 4.74 Å². The monoisotopic (exact) mass is 592 g/mol. The van der Waals surface area contributed by atoms with E-state index in [9.17, 15) is 4.39 Å². The van der Waals surface area contributed by atoms with Crippen molar-refractivity contribution in [1.29, 1.82) is 0 Å². The molecule has 202 valence electrons. The minimum atomic E-state index is -0.277. The van der Waals surface area contributed by atoms with Crippen molar-refractivity contribution < 1.29 is 18.6 Å². The maximum Gasteiger partial charge on any atom is 0.162 e. The summed E-state index contributed by atoms with van der Waals surface area (Å²) in [6.07, 6.45) is 6.38.